The molecule has 1 saturated heterocycles. The lowest BCUT2D eigenvalue weighted by atomic mass is 9.96. The number of likely N-dealkylation sites (tertiary alicyclic amines) is 1. The Morgan fingerprint density at radius 1 is 1.11 bits per heavy atom. The van der Waals surface area contributed by atoms with Gasteiger partial charge in [0, 0.05) is 25.3 Å². The zero-order chi connectivity index (χ0) is 18.6. The molecule has 3 heterocycles. The van der Waals surface area contributed by atoms with Gasteiger partial charge in [0.1, 0.15) is 11.4 Å². The zero-order valence-corrected chi connectivity index (χ0v) is 15.4. The van der Waals surface area contributed by atoms with E-state index in [1.807, 2.05) is 18.2 Å². The van der Waals surface area contributed by atoms with Crippen LogP contribution >= 0.6 is 0 Å². The van der Waals surface area contributed by atoms with Gasteiger partial charge < -0.3 is 10.2 Å². The highest BCUT2D eigenvalue weighted by Gasteiger charge is 2.31. The average molecular weight is 367 g/mol. The molecule has 1 aliphatic heterocycles. The van der Waals surface area contributed by atoms with Crippen LogP contribution in [0.15, 0.2) is 30.5 Å². The number of piperidine rings is 1. The van der Waals surface area contributed by atoms with Gasteiger partial charge in [-0.2, -0.15) is 5.10 Å². The molecule has 27 heavy (non-hydrogen) atoms. The van der Waals surface area contributed by atoms with Crippen LogP contribution < -0.4 is 5.32 Å². The summed E-state index contributed by atoms with van der Waals surface area (Å²) in [5, 5.41) is 10.2. The highest BCUT2D eigenvalue weighted by atomic mass is 16.2. The topological polar surface area (TPSA) is 91.0 Å². The number of aromatic nitrogens is 3. The van der Waals surface area contributed by atoms with Gasteiger partial charge in [0.2, 0.25) is 5.91 Å². The van der Waals surface area contributed by atoms with Crippen LogP contribution in [0.5, 0.6) is 0 Å². The van der Waals surface area contributed by atoms with Crippen LogP contribution in [0.3, 0.4) is 0 Å². The highest BCUT2D eigenvalue weighted by Crippen LogP contribution is 2.22. The Morgan fingerprint density at radius 3 is 2.74 bits per heavy atom. The lowest BCUT2D eigenvalue weighted by molar-refractivity contribution is -0.127. The number of nitrogens with zero attached hydrogens (tertiary/aromatic N) is 3. The SMILES string of the molecule is O=C(NC1CCCC1)C1CCCN(C(=O)c2cc(-c3ccccn3)n[nH]2)C1. The van der Waals surface area contributed by atoms with Gasteiger partial charge in [0.15, 0.2) is 0 Å². The lowest BCUT2D eigenvalue weighted by Gasteiger charge is -2.32. The molecule has 0 spiro atoms. The number of H-pyrrole nitrogens is 1. The molecule has 1 saturated carbocycles. The summed E-state index contributed by atoms with van der Waals surface area (Å²) in [6, 6.07) is 7.63. The fourth-order valence-electron chi connectivity index (χ4n) is 4.01. The summed E-state index contributed by atoms with van der Waals surface area (Å²) in [6.45, 7) is 1.14. The zero-order valence-electron chi connectivity index (χ0n) is 15.4. The molecule has 2 N–H and O–H groups in total. The number of hydrogen-bond donors (Lipinski definition) is 2. The second kappa shape index (κ2) is 7.90. The third kappa shape index (κ3) is 4.02. The third-order valence-electron chi connectivity index (χ3n) is 5.52. The molecule has 142 valence electrons. The van der Waals surface area contributed by atoms with Crippen molar-refractivity contribution in [3.05, 3.63) is 36.2 Å². The van der Waals surface area contributed by atoms with Gasteiger partial charge in [-0.3, -0.25) is 19.7 Å². The first kappa shape index (κ1) is 17.7. The molecular formula is C20H25N5O2. The van der Waals surface area contributed by atoms with Crippen molar-refractivity contribution in [2.24, 2.45) is 5.92 Å². The maximum absolute atomic E-state index is 12.9. The largest absolute Gasteiger partial charge is 0.353 e. The van der Waals surface area contributed by atoms with Crippen LogP contribution in [-0.2, 0) is 4.79 Å². The van der Waals surface area contributed by atoms with Crippen molar-refractivity contribution in [1.82, 2.24) is 25.4 Å². The highest BCUT2D eigenvalue weighted by molar-refractivity contribution is 5.93. The molecule has 1 atom stereocenters. The van der Waals surface area contributed by atoms with Crippen LogP contribution in [0.2, 0.25) is 0 Å². The summed E-state index contributed by atoms with van der Waals surface area (Å²) >= 11 is 0. The normalized spacial score (nSPS) is 20.6. The Hall–Kier alpha value is -2.70. The summed E-state index contributed by atoms with van der Waals surface area (Å²) in [5.41, 5.74) is 1.80. The van der Waals surface area contributed by atoms with Crippen LogP contribution in [-0.4, -0.2) is 51.0 Å². The number of pyridine rings is 1. The van der Waals surface area contributed by atoms with Gasteiger partial charge in [0.25, 0.3) is 5.91 Å². The van der Waals surface area contributed by atoms with Crippen molar-refractivity contribution in [2.45, 2.75) is 44.6 Å². The molecule has 2 aromatic rings. The number of hydrogen-bond acceptors (Lipinski definition) is 4. The second-order valence-electron chi connectivity index (χ2n) is 7.46. The predicted molar refractivity (Wildman–Crippen MR) is 101 cm³/mol. The van der Waals surface area contributed by atoms with E-state index in [4.69, 9.17) is 0 Å². The molecular weight excluding hydrogens is 342 g/mol. The maximum Gasteiger partial charge on any atom is 0.271 e. The summed E-state index contributed by atoms with van der Waals surface area (Å²) in [5.74, 6) is -0.136. The molecule has 7 heteroatoms. The van der Waals surface area contributed by atoms with Gasteiger partial charge in [-0.15, -0.1) is 0 Å². The van der Waals surface area contributed by atoms with E-state index in [0.717, 1.165) is 31.4 Å². The summed E-state index contributed by atoms with van der Waals surface area (Å²) in [6.07, 6.45) is 7.92. The molecule has 2 aromatic heterocycles. The molecule has 1 unspecified atom stereocenters. The number of nitrogens with one attached hydrogen (secondary N) is 2. The minimum absolute atomic E-state index is 0.0955. The van der Waals surface area contributed by atoms with Crippen molar-refractivity contribution in [3.63, 3.8) is 0 Å². The first-order chi connectivity index (χ1) is 13.2. The van der Waals surface area contributed by atoms with E-state index in [-0.39, 0.29) is 17.7 Å². The minimum atomic E-state index is -0.124. The quantitative estimate of drug-likeness (QED) is 0.868. The van der Waals surface area contributed by atoms with Crippen molar-refractivity contribution >= 4 is 11.8 Å². The summed E-state index contributed by atoms with van der Waals surface area (Å²) in [7, 11) is 0. The Labute approximate surface area is 158 Å². The van der Waals surface area contributed by atoms with E-state index < -0.39 is 0 Å². The molecule has 2 fully saturated rings. The Balaban J connectivity index is 1.40. The van der Waals surface area contributed by atoms with Gasteiger partial charge in [-0.05, 0) is 43.9 Å². The van der Waals surface area contributed by atoms with Gasteiger partial charge in [-0.1, -0.05) is 18.9 Å². The Morgan fingerprint density at radius 2 is 1.96 bits per heavy atom. The molecule has 1 aliphatic carbocycles. The molecule has 2 amide bonds. The van der Waals surface area contributed by atoms with E-state index in [0.29, 0.717) is 30.5 Å². The van der Waals surface area contributed by atoms with Gasteiger partial charge >= 0.3 is 0 Å². The van der Waals surface area contributed by atoms with E-state index in [1.54, 1.807) is 17.2 Å². The van der Waals surface area contributed by atoms with Crippen molar-refractivity contribution in [1.29, 1.82) is 0 Å². The van der Waals surface area contributed by atoms with Crippen molar-refractivity contribution in [3.8, 4) is 11.4 Å². The Bertz CT molecular complexity index is 798. The van der Waals surface area contributed by atoms with E-state index in [9.17, 15) is 9.59 Å². The first-order valence-electron chi connectivity index (χ1n) is 9.77. The summed E-state index contributed by atoms with van der Waals surface area (Å²) < 4.78 is 0. The molecule has 7 nitrogen and oxygen atoms in total. The average Bonchev–Trinajstić information content (AvgIpc) is 3.40. The number of aromatic amines is 1. The van der Waals surface area contributed by atoms with Crippen molar-refractivity contribution < 1.29 is 9.59 Å². The first-order valence-corrected chi connectivity index (χ1v) is 9.77. The number of carbonyl (C=O) groups is 2. The number of rotatable bonds is 4. The lowest BCUT2D eigenvalue weighted by Crippen LogP contribution is -2.47. The predicted octanol–water partition coefficient (Wildman–Crippen LogP) is 2.38. The molecule has 0 bridgehead atoms. The van der Waals surface area contributed by atoms with Gasteiger partial charge in [-0.25, -0.2) is 0 Å². The third-order valence-corrected chi connectivity index (χ3v) is 5.52. The van der Waals surface area contributed by atoms with E-state index >= 15 is 0 Å². The molecule has 0 radical (unpaired) electrons. The fraction of sp³-hybridized carbons (Fsp3) is 0.500. The van der Waals surface area contributed by atoms with Crippen molar-refractivity contribution in [2.75, 3.05) is 13.1 Å². The Kier molecular flexibility index (Phi) is 5.18. The second-order valence-corrected chi connectivity index (χ2v) is 7.46. The summed E-state index contributed by atoms with van der Waals surface area (Å²) in [4.78, 5) is 31.4. The standard InChI is InChI=1S/C20H25N5O2/c26-19(22-15-7-1-2-8-15)14-6-5-11-25(13-14)20(27)18-12-17(23-24-18)16-9-3-4-10-21-16/h3-4,9-10,12,14-15H,1-2,5-8,11,13H2,(H,22,26)(H,23,24). The maximum atomic E-state index is 12.9. The molecule has 4 rings (SSSR count). The van der Waals surface area contributed by atoms with E-state index in [1.165, 1.54) is 12.8 Å². The number of carbonyl (C=O) groups excluding carboxylic acids is 2. The van der Waals surface area contributed by atoms with Crippen LogP contribution in [0.1, 0.15) is 49.0 Å². The minimum Gasteiger partial charge on any atom is -0.353 e. The van der Waals surface area contributed by atoms with Crippen LogP contribution in [0.4, 0.5) is 0 Å². The fourth-order valence-corrected chi connectivity index (χ4v) is 4.01. The number of amides is 2. The van der Waals surface area contributed by atoms with Gasteiger partial charge in [0.05, 0.1) is 11.6 Å². The van der Waals surface area contributed by atoms with Crippen LogP contribution in [0, 0.1) is 5.92 Å². The molecule has 2 aliphatic rings. The smallest absolute Gasteiger partial charge is 0.271 e. The monoisotopic (exact) mass is 367 g/mol. The van der Waals surface area contributed by atoms with E-state index in [2.05, 4.69) is 20.5 Å². The molecule has 0 aromatic carbocycles. The van der Waals surface area contributed by atoms with Crippen LogP contribution in [0.25, 0.3) is 11.4 Å².